The van der Waals surface area contributed by atoms with Crippen LogP contribution in [0, 0.1) is 0 Å². The zero-order chi connectivity index (χ0) is 12.4. The second-order valence-electron chi connectivity index (χ2n) is 3.80. The molecular weight excluding hydrogens is 304 g/mol. The summed E-state index contributed by atoms with van der Waals surface area (Å²) in [6.07, 6.45) is 0. The van der Waals surface area contributed by atoms with E-state index in [1.165, 1.54) is 0 Å². The molecular formula is C11H13BrN2O2S. The third-order valence-corrected chi connectivity index (χ3v) is 4.72. The molecule has 17 heavy (non-hydrogen) atoms. The van der Waals surface area contributed by atoms with Gasteiger partial charge in [-0.15, -0.1) is 11.3 Å². The van der Waals surface area contributed by atoms with Crippen molar-refractivity contribution in [2.75, 3.05) is 19.6 Å². The number of carbonyl (C=O) groups is 2. The number of piperazine rings is 1. The molecule has 0 aliphatic carbocycles. The van der Waals surface area contributed by atoms with Gasteiger partial charge in [-0.05, 0) is 34.3 Å². The van der Waals surface area contributed by atoms with Crippen LogP contribution in [0.1, 0.15) is 11.8 Å². The van der Waals surface area contributed by atoms with Crippen LogP contribution in [0.4, 0.5) is 0 Å². The minimum atomic E-state index is -0.390. The Morgan fingerprint density at radius 2 is 1.94 bits per heavy atom. The minimum absolute atomic E-state index is 0.383. The number of carbonyl (C=O) groups excluding carboxylic acids is 2. The van der Waals surface area contributed by atoms with Gasteiger partial charge >= 0.3 is 11.8 Å². The van der Waals surface area contributed by atoms with E-state index in [4.69, 9.17) is 0 Å². The summed E-state index contributed by atoms with van der Waals surface area (Å²) >= 11 is 5.02. The number of likely N-dealkylation sites (N-methyl/N-ethyl adjacent to an activating group) is 1. The SMILES string of the molecule is CCN1CCN(Cc2sccc2Br)C(=O)C1=O. The first kappa shape index (κ1) is 12.6. The quantitative estimate of drug-likeness (QED) is 0.796. The second-order valence-corrected chi connectivity index (χ2v) is 5.66. The number of thiophene rings is 1. The van der Waals surface area contributed by atoms with Crippen molar-refractivity contribution < 1.29 is 9.59 Å². The van der Waals surface area contributed by atoms with Crippen molar-refractivity contribution in [3.8, 4) is 0 Å². The molecule has 0 radical (unpaired) electrons. The lowest BCUT2D eigenvalue weighted by molar-refractivity contribution is -0.156. The Morgan fingerprint density at radius 3 is 2.53 bits per heavy atom. The molecule has 0 saturated carbocycles. The van der Waals surface area contributed by atoms with Gasteiger partial charge in [0.15, 0.2) is 0 Å². The van der Waals surface area contributed by atoms with Gasteiger partial charge < -0.3 is 9.80 Å². The Morgan fingerprint density at radius 1 is 1.29 bits per heavy atom. The summed E-state index contributed by atoms with van der Waals surface area (Å²) < 4.78 is 1.00. The smallest absolute Gasteiger partial charge is 0.312 e. The van der Waals surface area contributed by atoms with Gasteiger partial charge in [0, 0.05) is 29.0 Å². The Kier molecular flexibility index (Phi) is 3.83. The molecule has 2 heterocycles. The molecule has 0 atom stereocenters. The fraction of sp³-hybridized carbons (Fsp3) is 0.455. The standard InChI is InChI=1S/C11H13BrN2O2S/c1-2-13-4-5-14(11(16)10(13)15)7-9-8(12)3-6-17-9/h3,6H,2,4-5,7H2,1H3. The van der Waals surface area contributed by atoms with Crippen molar-refractivity contribution in [3.05, 3.63) is 20.8 Å². The van der Waals surface area contributed by atoms with Crippen LogP contribution in [-0.2, 0) is 16.1 Å². The van der Waals surface area contributed by atoms with Crippen LogP contribution in [-0.4, -0.2) is 41.2 Å². The lowest BCUT2D eigenvalue weighted by atomic mass is 10.3. The highest BCUT2D eigenvalue weighted by atomic mass is 79.9. The van der Waals surface area contributed by atoms with Crippen molar-refractivity contribution >= 4 is 39.1 Å². The summed E-state index contributed by atoms with van der Waals surface area (Å²) in [4.78, 5) is 27.8. The lowest BCUT2D eigenvalue weighted by Crippen LogP contribution is -2.53. The van der Waals surface area contributed by atoms with Crippen LogP contribution >= 0.6 is 27.3 Å². The molecule has 0 bridgehead atoms. The fourth-order valence-corrected chi connectivity index (χ4v) is 3.27. The highest BCUT2D eigenvalue weighted by Gasteiger charge is 2.31. The average Bonchev–Trinajstić information content (AvgIpc) is 2.71. The summed E-state index contributed by atoms with van der Waals surface area (Å²) in [6.45, 7) is 4.24. The van der Waals surface area contributed by atoms with E-state index in [0.29, 0.717) is 26.2 Å². The van der Waals surface area contributed by atoms with E-state index in [-0.39, 0.29) is 5.91 Å². The summed E-state index contributed by atoms with van der Waals surface area (Å²) in [7, 11) is 0. The van der Waals surface area contributed by atoms with Crippen molar-refractivity contribution in [1.29, 1.82) is 0 Å². The molecule has 1 aliphatic rings. The Hall–Kier alpha value is -0.880. The first-order valence-corrected chi connectivity index (χ1v) is 7.10. The van der Waals surface area contributed by atoms with Crippen LogP contribution in [0.15, 0.2) is 15.9 Å². The Balaban J connectivity index is 2.07. The first-order valence-electron chi connectivity index (χ1n) is 5.43. The normalized spacial score (nSPS) is 16.8. The fourth-order valence-electron chi connectivity index (χ4n) is 1.78. The predicted molar refractivity (Wildman–Crippen MR) is 69.7 cm³/mol. The van der Waals surface area contributed by atoms with E-state index >= 15 is 0 Å². The lowest BCUT2D eigenvalue weighted by Gasteiger charge is -2.32. The molecule has 1 saturated heterocycles. The van der Waals surface area contributed by atoms with Crippen LogP contribution in [0.3, 0.4) is 0 Å². The molecule has 1 aromatic heterocycles. The number of rotatable bonds is 3. The number of halogens is 1. The summed E-state index contributed by atoms with van der Waals surface area (Å²) in [5, 5.41) is 1.97. The molecule has 0 N–H and O–H groups in total. The molecule has 0 aromatic carbocycles. The average molecular weight is 317 g/mol. The number of hydrogen-bond acceptors (Lipinski definition) is 3. The molecule has 6 heteroatoms. The number of hydrogen-bond donors (Lipinski definition) is 0. The first-order chi connectivity index (χ1) is 8.13. The summed E-state index contributed by atoms with van der Waals surface area (Å²) in [5.41, 5.74) is 0. The molecule has 1 aromatic rings. The van der Waals surface area contributed by atoms with Gasteiger partial charge in [-0.1, -0.05) is 0 Å². The van der Waals surface area contributed by atoms with Crippen LogP contribution < -0.4 is 0 Å². The Labute approximate surface area is 112 Å². The largest absolute Gasteiger partial charge is 0.333 e. The second kappa shape index (κ2) is 5.18. The van der Waals surface area contributed by atoms with Gasteiger partial charge in [0.2, 0.25) is 0 Å². The van der Waals surface area contributed by atoms with Crippen LogP contribution in [0.2, 0.25) is 0 Å². The van der Waals surface area contributed by atoms with Crippen LogP contribution in [0.25, 0.3) is 0 Å². The zero-order valence-electron chi connectivity index (χ0n) is 9.48. The highest BCUT2D eigenvalue weighted by molar-refractivity contribution is 9.10. The van der Waals surface area contributed by atoms with Gasteiger partial charge in [0.25, 0.3) is 0 Å². The minimum Gasteiger partial charge on any atom is -0.333 e. The van der Waals surface area contributed by atoms with Gasteiger partial charge in [0.1, 0.15) is 0 Å². The molecule has 92 valence electrons. The van der Waals surface area contributed by atoms with Crippen molar-refractivity contribution in [2.45, 2.75) is 13.5 Å². The third kappa shape index (κ3) is 2.52. The number of nitrogens with zero attached hydrogens (tertiary/aromatic N) is 2. The zero-order valence-corrected chi connectivity index (χ0v) is 11.9. The van der Waals surface area contributed by atoms with Gasteiger partial charge in [-0.2, -0.15) is 0 Å². The maximum Gasteiger partial charge on any atom is 0.312 e. The van der Waals surface area contributed by atoms with E-state index < -0.39 is 5.91 Å². The van der Waals surface area contributed by atoms with Gasteiger partial charge in [0.05, 0.1) is 6.54 Å². The van der Waals surface area contributed by atoms with Gasteiger partial charge in [-0.25, -0.2) is 0 Å². The molecule has 0 spiro atoms. The van der Waals surface area contributed by atoms with E-state index in [1.54, 1.807) is 21.1 Å². The summed E-state index contributed by atoms with van der Waals surface area (Å²) in [5.74, 6) is -0.773. The summed E-state index contributed by atoms with van der Waals surface area (Å²) in [6, 6.07) is 1.95. The van der Waals surface area contributed by atoms with E-state index in [9.17, 15) is 9.59 Å². The van der Waals surface area contributed by atoms with Crippen molar-refractivity contribution in [2.24, 2.45) is 0 Å². The van der Waals surface area contributed by atoms with E-state index in [0.717, 1.165) is 9.35 Å². The number of amides is 2. The molecule has 1 aliphatic heterocycles. The predicted octanol–water partition coefficient (Wildman–Crippen LogP) is 1.70. The van der Waals surface area contributed by atoms with Gasteiger partial charge in [-0.3, -0.25) is 9.59 Å². The van der Waals surface area contributed by atoms with E-state index in [1.807, 2.05) is 18.4 Å². The third-order valence-electron chi connectivity index (χ3n) is 2.80. The van der Waals surface area contributed by atoms with Crippen molar-refractivity contribution in [1.82, 2.24) is 9.80 Å². The maximum absolute atomic E-state index is 11.9. The van der Waals surface area contributed by atoms with Crippen molar-refractivity contribution in [3.63, 3.8) is 0 Å². The van der Waals surface area contributed by atoms with Crippen LogP contribution in [0.5, 0.6) is 0 Å². The monoisotopic (exact) mass is 316 g/mol. The highest BCUT2D eigenvalue weighted by Crippen LogP contribution is 2.24. The molecule has 0 unspecified atom stereocenters. The maximum atomic E-state index is 11.9. The van der Waals surface area contributed by atoms with E-state index in [2.05, 4.69) is 15.9 Å². The topological polar surface area (TPSA) is 40.6 Å². The Bertz CT molecular complexity index is 446. The molecule has 4 nitrogen and oxygen atoms in total. The molecule has 2 rings (SSSR count). The molecule has 1 fully saturated rings. The molecule has 2 amide bonds.